The van der Waals surface area contributed by atoms with Gasteiger partial charge in [0, 0.05) is 37.7 Å². The molecule has 0 aliphatic carbocycles. The third-order valence-corrected chi connectivity index (χ3v) is 6.34. The van der Waals surface area contributed by atoms with Gasteiger partial charge in [0.2, 0.25) is 5.91 Å². The van der Waals surface area contributed by atoms with Crippen LogP contribution in [0.2, 0.25) is 0 Å². The van der Waals surface area contributed by atoms with Gasteiger partial charge in [-0.1, -0.05) is 48.9 Å². The predicted octanol–water partition coefficient (Wildman–Crippen LogP) is 3.85. The first kappa shape index (κ1) is 22.3. The molecule has 1 saturated heterocycles. The molecule has 2 aliphatic heterocycles. The number of guanidine groups is 1. The third-order valence-electron chi connectivity index (χ3n) is 6.34. The third kappa shape index (κ3) is 5.88. The summed E-state index contributed by atoms with van der Waals surface area (Å²) in [4.78, 5) is 19.6. The first-order chi connectivity index (χ1) is 15.7. The van der Waals surface area contributed by atoms with Crippen LogP contribution in [0.15, 0.2) is 53.5 Å². The van der Waals surface area contributed by atoms with E-state index in [0.717, 1.165) is 24.7 Å². The number of para-hydroxylation sites is 1. The van der Waals surface area contributed by atoms with Crippen LogP contribution in [-0.2, 0) is 17.9 Å². The number of hydrogen-bond donors (Lipinski definition) is 3. The summed E-state index contributed by atoms with van der Waals surface area (Å²) in [7, 11) is 0. The van der Waals surface area contributed by atoms with Crippen LogP contribution in [-0.4, -0.2) is 42.9 Å². The lowest BCUT2D eigenvalue weighted by Gasteiger charge is -2.27. The van der Waals surface area contributed by atoms with Crippen molar-refractivity contribution in [3.63, 3.8) is 0 Å². The molecule has 6 heteroatoms. The van der Waals surface area contributed by atoms with Gasteiger partial charge in [0.15, 0.2) is 5.96 Å². The topological polar surface area (TPSA) is 68.8 Å². The van der Waals surface area contributed by atoms with E-state index in [2.05, 4.69) is 58.1 Å². The Balaban J connectivity index is 1.41. The number of fused-ring (bicyclic) bond motifs is 1. The Bertz CT molecular complexity index is 935. The van der Waals surface area contributed by atoms with Crippen molar-refractivity contribution in [3.05, 3.63) is 65.2 Å². The average molecular weight is 434 g/mol. The van der Waals surface area contributed by atoms with Gasteiger partial charge in [0.05, 0.1) is 6.54 Å². The monoisotopic (exact) mass is 433 g/mol. The molecule has 0 spiro atoms. The zero-order valence-corrected chi connectivity index (χ0v) is 19.1. The highest BCUT2D eigenvalue weighted by atomic mass is 16.1. The molecule has 32 heavy (non-hydrogen) atoms. The van der Waals surface area contributed by atoms with Crippen molar-refractivity contribution in [2.45, 2.75) is 51.6 Å². The van der Waals surface area contributed by atoms with Crippen LogP contribution in [0.3, 0.4) is 0 Å². The number of nitrogens with one attached hydrogen (secondary N) is 3. The van der Waals surface area contributed by atoms with Crippen LogP contribution in [0.5, 0.6) is 0 Å². The van der Waals surface area contributed by atoms with E-state index in [9.17, 15) is 4.79 Å². The highest BCUT2D eigenvalue weighted by Crippen LogP contribution is 2.31. The van der Waals surface area contributed by atoms with E-state index in [1.54, 1.807) is 0 Å². The summed E-state index contributed by atoms with van der Waals surface area (Å²) in [6.45, 7) is 7.57. The largest absolute Gasteiger partial charge is 0.357 e. The second-order valence-corrected chi connectivity index (χ2v) is 8.72. The highest BCUT2D eigenvalue weighted by Gasteiger charge is 2.24. The molecule has 1 atom stereocenters. The standard InChI is InChI=1S/C26H35N5O/c1-2-27-26(29-18-22-16-25(32)30-24-13-7-6-12-23(22)24)28-17-20-10-4-5-11-21(20)19-31-14-8-3-9-15-31/h4-7,10-13,22H,2-3,8-9,14-19H2,1H3,(H,30,32)(H2,27,28,29). The molecule has 2 aromatic carbocycles. The Hall–Kier alpha value is -2.86. The number of carbonyl (C=O) groups excluding carboxylic acids is 1. The molecular weight excluding hydrogens is 398 g/mol. The van der Waals surface area contributed by atoms with Crippen LogP contribution in [0.4, 0.5) is 5.69 Å². The van der Waals surface area contributed by atoms with Gasteiger partial charge >= 0.3 is 0 Å². The van der Waals surface area contributed by atoms with Crippen LogP contribution in [0.25, 0.3) is 0 Å². The Labute approximate surface area is 191 Å². The first-order valence-electron chi connectivity index (χ1n) is 11.9. The number of anilines is 1. The molecular formula is C26H35N5O. The highest BCUT2D eigenvalue weighted by molar-refractivity contribution is 5.94. The number of benzene rings is 2. The minimum Gasteiger partial charge on any atom is -0.357 e. The van der Waals surface area contributed by atoms with Crippen molar-refractivity contribution in [1.29, 1.82) is 0 Å². The summed E-state index contributed by atoms with van der Waals surface area (Å²) < 4.78 is 0. The molecule has 2 aromatic rings. The van der Waals surface area contributed by atoms with Crippen molar-refractivity contribution in [1.82, 2.24) is 15.5 Å². The first-order valence-corrected chi connectivity index (χ1v) is 11.9. The second-order valence-electron chi connectivity index (χ2n) is 8.72. The average Bonchev–Trinajstić information content (AvgIpc) is 2.82. The smallest absolute Gasteiger partial charge is 0.225 e. The van der Waals surface area contributed by atoms with Crippen molar-refractivity contribution in [2.24, 2.45) is 4.99 Å². The predicted molar refractivity (Wildman–Crippen MR) is 131 cm³/mol. The molecule has 1 fully saturated rings. The van der Waals surface area contributed by atoms with E-state index in [-0.39, 0.29) is 11.8 Å². The van der Waals surface area contributed by atoms with Gasteiger partial charge in [-0.25, -0.2) is 4.99 Å². The molecule has 0 bridgehead atoms. The molecule has 2 heterocycles. The van der Waals surface area contributed by atoms with Crippen LogP contribution in [0, 0.1) is 0 Å². The molecule has 1 amide bonds. The molecule has 2 aliphatic rings. The van der Waals surface area contributed by atoms with Gasteiger partial charge in [-0.3, -0.25) is 9.69 Å². The molecule has 4 rings (SSSR count). The Morgan fingerprint density at radius 1 is 1.03 bits per heavy atom. The Morgan fingerprint density at radius 3 is 2.59 bits per heavy atom. The Morgan fingerprint density at radius 2 is 1.78 bits per heavy atom. The lowest BCUT2D eigenvalue weighted by molar-refractivity contribution is -0.116. The summed E-state index contributed by atoms with van der Waals surface area (Å²) in [5, 5.41) is 9.80. The van der Waals surface area contributed by atoms with E-state index < -0.39 is 0 Å². The van der Waals surface area contributed by atoms with E-state index in [0.29, 0.717) is 19.5 Å². The van der Waals surface area contributed by atoms with Gasteiger partial charge < -0.3 is 16.0 Å². The van der Waals surface area contributed by atoms with E-state index in [4.69, 9.17) is 4.99 Å². The number of hydrogen-bond acceptors (Lipinski definition) is 3. The minimum absolute atomic E-state index is 0.0732. The lowest BCUT2D eigenvalue weighted by Crippen LogP contribution is -2.40. The maximum absolute atomic E-state index is 12.1. The number of aliphatic imine (C=N–C) groups is 1. The molecule has 1 unspecified atom stereocenters. The summed E-state index contributed by atoms with van der Waals surface area (Å²) in [5.41, 5.74) is 4.75. The normalized spacial score (nSPS) is 19.2. The maximum Gasteiger partial charge on any atom is 0.225 e. The summed E-state index contributed by atoms with van der Waals surface area (Å²) in [5.74, 6) is 1.00. The van der Waals surface area contributed by atoms with Crippen molar-refractivity contribution in [2.75, 3.05) is 31.5 Å². The van der Waals surface area contributed by atoms with Gasteiger partial charge in [-0.2, -0.15) is 0 Å². The molecule has 3 N–H and O–H groups in total. The number of carbonyl (C=O) groups is 1. The summed E-state index contributed by atoms with van der Waals surface area (Å²) >= 11 is 0. The van der Waals surface area contributed by atoms with E-state index >= 15 is 0 Å². The van der Waals surface area contributed by atoms with Gasteiger partial charge in [0.25, 0.3) is 0 Å². The zero-order valence-electron chi connectivity index (χ0n) is 19.1. The molecule has 0 saturated carbocycles. The number of rotatable bonds is 7. The fourth-order valence-electron chi connectivity index (χ4n) is 4.63. The van der Waals surface area contributed by atoms with Crippen molar-refractivity contribution >= 4 is 17.6 Å². The van der Waals surface area contributed by atoms with Gasteiger partial charge in [-0.05, 0) is 55.6 Å². The quantitative estimate of drug-likeness (QED) is 0.458. The molecule has 0 aromatic heterocycles. The number of nitrogens with zero attached hydrogens (tertiary/aromatic N) is 2. The van der Waals surface area contributed by atoms with E-state index in [1.165, 1.54) is 49.0 Å². The fraction of sp³-hybridized carbons (Fsp3) is 0.462. The minimum atomic E-state index is 0.0732. The van der Waals surface area contributed by atoms with Gasteiger partial charge in [-0.15, -0.1) is 0 Å². The second kappa shape index (κ2) is 11.1. The number of piperidine rings is 1. The number of likely N-dealkylation sites (tertiary alicyclic amines) is 1. The van der Waals surface area contributed by atoms with Crippen LogP contribution >= 0.6 is 0 Å². The van der Waals surface area contributed by atoms with Gasteiger partial charge in [0.1, 0.15) is 0 Å². The zero-order chi connectivity index (χ0) is 22.2. The van der Waals surface area contributed by atoms with Crippen LogP contribution in [0.1, 0.15) is 55.2 Å². The van der Waals surface area contributed by atoms with Crippen molar-refractivity contribution < 1.29 is 4.79 Å². The molecule has 6 nitrogen and oxygen atoms in total. The van der Waals surface area contributed by atoms with E-state index in [1.807, 2.05) is 18.2 Å². The molecule has 170 valence electrons. The van der Waals surface area contributed by atoms with Crippen molar-refractivity contribution in [3.8, 4) is 0 Å². The maximum atomic E-state index is 12.1. The number of amides is 1. The SMILES string of the molecule is CCNC(=NCc1ccccc1CN1CCCCC1)NCC1CC(=O)Nc2ccccc21. The lowest BCUT2D eigenvalue weighted by atomic mass is 9.90. The van der Waals surface area contributed by atoms with Crippen LogP contribution < -0.4 is 16.0 Å². The fourth-order valence-corrected chi connectivity index (χ4v) is 4.63. The Kier molecular flexibility index (Phi) is 7.77. The summed E-state index contributed by atoms with van der Waals surface area (Å²) in [6, 6.07) is 16.7. The summed E-state index contributed by atoms with van der Waals surface area (Å²) in [6.07, 6.45) is 4.45. The molecule has 0 radical (unpaired) electrons.